The van der Waals surface area contributed by atoms with E-state index < -0.39 is 0 Å². The summed E-state index contributed by atoms with van der Waals surface area (Å²) < 4.78 is 10.6. The van der Waals surface area contributed by atoms with E-state index in [2.05, 4.69) is 36.7 Å². The smallest absolute Gasteiger partial charge is 0.145 e. The first-order valence-electron chi connectivity index (χ1n) is 5.37. The molecule has 0 saturated carbocycles. The highest BCUT2D eigenvalue weighted by Crippen LogP contribution is 2.47. The Morgan fingerprint density at radius 1 is 1.18 bits per heavy atom. The third-order valence-corrected chi connectivity index (χ3v) is 4.77. The normalized spacial score (nSPS) is 13.4. The summed E-state index contributed by atoms with van der Waals surface area (Å²) in [5.74, 6) is 1.30. The molecule has 17 heavy (non-hydrogen) atoms. The molecule has 96 valence electrons. The summed E-state index contributed by atoms with van der Waals surface area (Å²) in [4.78, 5) is 0.161. The fourth-order valence-corrected chi connectivity index (χ4v) is 2.27. The van der Waals surface area contributed by atoms with Gasteiger partial charge >= 0.3 is 0 Å². The van der Waals surface area contributed by atoms with Gasteiger partial charge in [-0.1, -0.05) is 54.4 Å². The summed E-state index contributed by atoms with van der Waals surface area (Å²) >= 11 is 9.94. The monoisotopic (exact) mass is 320 g/mol. The first-order valence-corrected chi connectivity index (χ1v) is 6.66. The second kappa shape index (κ2) is 5.49. The second-order valence-electron chi connectivity index (χ2n) is 4.93. The van der Waals surface area contributed by atoms with Gasteiger partial charge in [0.25, 0.3) is 0 Å². The number of rotatable bonds is 3. The molecule has 2 nitrogen and oxygen atoms in total. The Morgan fingerprint density at radius 2 is 1.76 bits per heavy atom. The van der Waals surface area contributed by atoms with Crippen molar-refractivity contribution in [3.63, 3.8) is 0 Å². The van der Waals surface area contributed by atoms with Crippen LogP contribution in [0.25, 0.3) is 0 Å². The van der Waals surface area contributed by atoms with E-state index >= 15 is 0 Å². The van der Waals surface area contributed by atoms with Gasteiger partial charge in [-0.25, -0.2) is 0 Å². The Kier molecular flexibility index (Phi) is 4.73. The Bertz CT molecular complexity index is 399. The van der Waals surface area contributed by atoms with Crippen LogP contribution in [-0.2, 0) is 0 Å². The number of halogens is 2. The van der Waals surface area contributed by atoms with Crippen molar-refractivity contribution in [2.75, 3.05) is 14.2 Å². The van der Waals surface area contributed by atoms with Crippen LogP contribution in [0.4, 0.5) is 0 Å². The van der Waals surface area contributed by atoms with Crippen molar-refractivity contribution < 1.29 is 9.47 Å². The zero-order valence-corrected chi connectivity index (χ0v) is 13.1. The Balaban J connectivity index is 3.31. The zero-order chi connectivity index (χ0) is 13.2. The van der Waals surface area contributed by atoms with E-state index in [1.807, 2.05) is 12.1 Å². The van der Waals surface area contributed by atoms with Crippen LogP contribution >= 0.6 is 27.5 Å². The van der Waals surface area contributed by atoms with Gasteiger partial charge in [-0.15, -0.1) is 0 Å². The molecule has 1 aromatic carbocycles. The van der Waals surface area contributed by atoms with Crippen molar-refractivity contribution in [3.05, 3.63) is 22.7 Å². The van der Waals surface area contributed by atoms with E-state index in [1.165, 1.54) is 0 Å². The van der Waals surface area contributed by atoms with E-state index in [0.717, 1.165) is 5.56 Å². The van der Waals surface area contributed by atoms with Gasteiger partial charge in [0.1, 0.15) is 16.5 Å². The average molecular weight is 322 g/mol. The maximum atomic E-state index is 6.24. The predicted molar refractivity (Wildman–Crippen MR) is 75.7 cm³/mol. The maximum absolute atomic E-state index is 6.24. The summed E-state index contributed by atoms with van der Waals surface area (Å²) in [6.45, 7) is 6.47. The minimum atomic E-state index is 0.0746. The SMILES string of the molecule is COc1ccc(C(Br)C(C)(C)C)c(OC)c1Cl. The Labute approximate surface area is 116 Å². The fourth-order valence-electron chi connectivity index (χ4n) is 1.58. The number of hydrogen-bond acceptors (Lipinski definition) is 2. The molecule has 0 amide bonds. The molecule has 0 radical (unpaired) electrons. The number of methoxy groups -OCH3 is 2. The standard InChI is InChI=1S/C13H18BrClO2/c1-13(2,3)12(14)8-6-7-9(16-4)10(15)11(8)17-5/h6-7,12H,1-5H3. The van der Waals surface area contributed by atoms with Crippen LogP contribution in [-0.4, -0.2) is 14.2 Å². The number of hydrogen-bond donors (Lipinski definition) is 0. The first-order chi connectivity index (χ1) is 7.82. The van der Waals surface area contributed by atoms with Crippen LogP contribution in [0.2, 0.25) is 5.02 Å². The fraction of sp³-hybridized carbons (Fsp3) is 0.538. The molecule has 1 aromatic rings. The van der Waals surface area contributed by atoms with Gasteiger partial charge in [-0.3, -0.25) is 0 Å². The summed E-state index contributed by atoms with van der Waals surface area (Å²) in [5.41, 5.74) is 1.11. The molecular formula is C13H18BrClO2. The lowest BCUT2D eigenvalue weighted by Gasteiger charge is -2.27. The van der Waals surface area contributed by atoms with Crippen molar-refractivity contribution >= 4 is 27.5 Å². The molecule has 0 aliphatic rings. The molecule has 0 aliphatic carbocycles. The quantitative estimate of drug-likeness (QED) is 0.742. The molecule has 1 atom stereocenters. The van der Waals surface area contributed by atoms with E-state index in [-0.39, 0.29) is 10.2 Å². The molecule has 0 bridgehead atoms. The van der Waals surface area contributed by atoms with Crippen molar-refractivity contribution in [1.29, 1.82) is 0 Å². The van der Waals surface area contributed by atoms with Crippen LogP contribution in [0.5, 0.6) is 11.5 Å². The summed E-state index contributed by atoms with van der Waals surface area (Å²) in [5, 5.41) is 0.515. The van der Waals surface area contributed by atoms with E-state index in [0.29, 0.717) is 16.5 Å². The topological polar surface area (TPSA) is 18.5 Å². The minimum Gasteiger partial charge on any atom is -0.495 e. The molecule has 0 aromatic heterocycles. The summed E-state index contributed by atoms with van der Waals surface area (Å²) in [6, 6.07) is 3.84. The van der Waals surface area contributed by atoms with Gasteiger partial charge in [0, 0.05) is 10.4 Å². The third kappa shape index (κ3) is 3.08. The lowest BCUT2D eigenvalue weighted by atomic mass is 9.87. The first kappa shape index (κ1) is 14.7. The molecule has 1 rings (SSSR count). The molecule has 0 heterocycles. The maximum Gasteiger partial charge on any atom is 0.145 e. The van der Waals surface area contributed by atoms with Gasteiger partial charge in [0.2, 0.25) is 0 Å². The number of benzene rings is 1. The third-order valence-electron chi connectivity index (χ3n) is 2.55. The van der Waals surface area contributed by atoms with Gasteiger partial charge < -0.3 is 9.47 Å². The van der Waals surface area contributed by atoms with E-state index in [1.54, 1.807) is 14.2 Å². The van der Waals surface area contributed by atoms with Crippen LogP contribution in [0, 0.1) is 5.41 Å². The molecule has 0 saturated heterocycles. The lowest BCUT2D eigenvalue weighted by Crippen LogP contribution is -2.14. The molecule has 0 spiro atoms. The van der Waals surface area contributed by atoms with Gasteiger partial charge in [0.05, 0.1) is 14.2 Å². The highest BCUT2D eigenvalue weighted by Gasteiger charge is 2.28. The molecule has 4 heteroatoms. The predicted octanol–water partition coefficient (Wildman–Crippen LogP) is 4.84. The zero-order valence-electron chi connectivity index (χ0n) is 10.8. The highest BCUT2D eigenvalue weighted by atomic mass is 79.9. The summed E-state index contributed by atoms with van der Waals surface area (Å²) in [6.07, 6.45) is 0. The van der Waals surface area contributed by atoms with Gasteiger partial charge in [-0.05, 0) is 11.5 Å². The lowest BCUT2D eigenvalue weighted by molar-refractivity contribution is 0.370. The van der Waals surface area contributed by atoms with Crippen molar-refractivity contribution in [1.82, 2.24) is 0 Å². The van der Waals surface area contributed by atoms with Crippen LogP contribution in [0.15, 0.2) is 12.1 Å². The summed E-state index contributed by atoms with van der Waals surface area (Å²) in [7, 11) is 3.21. The number of alkyl halides is 1. The van der Waals surface area contributed by atoms with Crippen molar-refractivity contribution in [2.45, 2.75) is 25.6 Å². The van der Waals surface area contributed by atoms with Crippen LogP contribution < -0.4 is 9.47 Å². The average Bonchev–Trinajstić information content (AvgIpc) is 2.26. The molecule has 1 unspecified atom stereocenters. The van der Waals surface area contributed by atoms with Crippen molar-refractivity contribution in [3.8, 4) is 11.5 Å². The molecule has 0 fully saturated rings. The van der Waals surface area contributed by atoms with Gasteiger partial charge in [-0.2, -0.15) is 0 Å². The highest BCUT2D eigenvalue weighted by molar-refractivity contribution is 9.09. The van der Waals surface area contributed by atoms with Crippen LogP contribution in [0.3, 0.4) is 0 Å². The van der Waals surface area contributed by atoms with Crippen molar-refractivity contribution in [2.24, 2.45) is 5.41 Å². The van der Waals surface area contributed by atoms with Crippen LogP contribution in [0.1, 0.15) is 31.2 Å². The van der Waals surface area contributed by atoms with Gasteiger partial charge in [0.15, 0.2) is 0 Å². The largest absolute Gasteiger partial charge is 0.495 e. The van der Waals surface area contributed by atoms with E-state index in [4.69, 9.17) is 21.1 Å². The molecule has 0 aliphatic heterocycles. The second-order valence-corrected chi connectivity index (χ2v) is 6.23. The molecular weight excluding hydrogens is 303 g/mol. The Hall–Kier alpha value is -0.410. The molecule has 0 N–H and O–H groups in total. The number of ether oxygens (including phenoxy) is 2. The van der Waals surface area contributed by atoms with E-state index in [9.17, 15) is 0 Å². The minimum absolute atomic E-state index is 0.0746. The Morgan fingerprint density at radius 3 is 2.18 bits per heavy atom.